The highest BCUT2D eigenvalue weighted by Crippen LogP contribution is 2.39. The average molecular weight is 535 g/mol. The van der Waals surface area contributed by atoms with Crippen molar-refractivity contribution >= 4 is 33.2 Å². The van der Waals surface area contributed by atoms with Gasteiger partial charge in [0.05, 0.1) is 0 Å². The Morgan fingerprint density at radius 1 is 0.947 bits per heavy atom. The van der Waals surface area contributed by atoms with E-state index in [1.807, 2.05) is 34.9 Å². The SMILES string of the molecule is CC(=O)Nc1ccc(S(=O)(=O)Oc2ccccc2-c2nc3ccccn3c2NC(C)(C)CC(C)(C)C)cc1. The van der Waals surface area contributed by atoms with Crippen molar-refractivity contribution in [3.8, 4) is 17.0 Å². The van der Waals surface area contributed by atoms with Crippen molar-refractivity contribution < 1.29 is 17.4 Å². The van der Waals surface area contributed by atoms with Gasteiger partial charge in [0.15, 0.2) is 5.75 Å². The Morgan fingerprint density at radius 2 is 1.61 bits per heavy atom. The van der Waals surface area contributed by atoms with Gasteiger partial charge in [-0.15, -0.1) is 0 Å². The van der Waals surface area contributed by atoms with Gasteiger partial charge < -0.3 is 14.8 Å². The summed E-state index contributed by atoms with van der Waals surface area (Å²) in [5.74, 6) is 0.676. The second-order valence-corrected chi connectivity index (χ2v) is 12.8. The molecule has 2 heterocycles. The summed E-state index contributed by atoms with van der Waals surface area (Å²) in [6.45, 7) is 12.3. The zero-order valence-electron chi connectivity index (χ0n) is 22.6. The summed E-state index contributed by atoms with van der Waals surface area (Å²) in [4.78, 5) is 16.1. The van der Waals surface area contributed by atoms with E-state index in [2.05, 4.69) is 45.3 Å². The number of nitrogens with zero attached hydrogens (tertiary/aromatic N) is 2. The fourth-order valence-electron chi connectivity index (χ4n) is 4.80. The number of rotatable bonds is 8. The highest BCUT2D eigenvalue weighted by molar-refractivity contribution is 7.87. The second-order valence-electron chi connectivity index (χ2n) is 11.2. The summed E-state index contributed by atoms with van der Waals surface area (Å²) < 4.78 is 34.0. The first-order valence-corrected chi connectivity index (χ1v) is 13.8. The summed E-state index contributed by atoms with van der Waals surface area (Å²) in [5, 5.41) is 6.29. The minimum Gasteiger partial charge on any atom is -0.378 e. The van der Waals surface area contributed by atoms with Gasteiger partial charge in [-0.05, 0) is 74.2 Å². The predicted molar refractivity (Wildman–Crippen MR) is 151 cm³/mol. The van der Waals surface area contributed by atoms with Gasteiger partial charge in [0, 0.05) is 29.9 Å². The topological polar surface area (TPSA) is 102 Å². The van der Waals surface area contributed by atoms with E-state index in [0.717, 1.165) is 17.9 Å². The van der Waals surface area contributed by atoms with Crippen LogP contribution < -0.4 is 14.8 Å². The van der Waals surface area contributed by atoms with Crippen LogP contribution in [0.3, 0.4) is 0 Å². The van der Waals surface area contributed by atoms with E-state index in [0.29, 0.717) is 16.9 Å². The molecule has 8 nitrogen and oxygen atoms in total. The van der Waals surface area contributed by atoms with Gasteiger partial charge in [-0.3, -0.25) is 9.20 Å². The van der Waals surface area contributed by atoms with E-state index >= 15 is 0 Å². The minimum atomic E-state index is -4.16. The Morgan fingerprint density at radius 3 is 2.26 bits per heavy atom. The van der Waals surface area contributed by atoms with E-state index in [4.69, 9.17) is 9.17 Å². The molecule has 0 aliphatic heterocycles. The summed E-state index contributed by atoms with van der Waals surface area (Å²) in [5.41, 5.74) is 2.16. The zero-order valence-corrected chi connectivity index (χ0v) is 23.4. The normalized spacial score (nSPS) is 12.4. The fourth-order valence-corrected chi connectivity index (χ4v) is 5.75. The molecule has 1 amide bonds. The number of anilines is 2. The number of hydrogen-bond acceptors (Lipinski definition) is 6. The summed E-state index contributed by atoms with van der Waals surface area (Å²) in [6, 6.07) is 18.5. The molecule has 2 aromatic heterocycles. The van der Waals surface area contributed by atoms with Gasteiger partial charge in [0.25, 0.3) is 0 Å². The van der Waals surface area contributed by atoms with Gasteiger partial charge in [-0.2, -0.15) is 8.42 Å². The Kier molecular flexibility index (Phi) is 7.25. The molecular formula is C29H34N4O4S. The Bertz CT molecular complexity index is 1570. The number of hydrogen-bond donors (Lipinski definition) is 2. The molecule has 0 aliphatic rings. The molecule has 0 saturated heterocycles. The molecule has 2 aromatic carbocycles. The van der Waals surface area contributed by atoms with Gasteiger partial charge >= 0.3 is 10.1 Å². The van der Waals surface area contributed by atoms with E-state index < -0.39 is 10.1 Å². The van der Waals surface area contributed by atoms with Crippen molar-refractivity contribution in [1.29, 1.82) is 0 Å². The van der Waals surface area contributed by atoms with Gasteiger partial charge in [-0.25, -0.2) is 4.98 Å². The van der Waals surface area contributed by atoms with Crippen LogP contribution in [-0.2, 0) is 14.9 Å². The maximum absolute atomic E-state index is 13.2. The van der Waals surface area contributed by atoms with Crippen molar-refractivity contribution in [3.63, 3.8) is 0 Å². The Balaban J connectivity index is 1.75. The van der Waals surface area contributed by atoms with Crippen LogP contribution in [-0.4, -0.2) is 29.2 Å². The molecule has 0 bridgehead atoms. The third-order valence-corrected chi connectivity index (χ3v) is 7.01. The number of carbonyl (C=O) groups is 1. The van der Waals surface area contributed by atoms with Crippen LogP contribution >= 0.6 is 0 Å². The Hall–Kier alpha value is -3.85. The third kappa shape index (κ3) is 6.34. The van der Waals surface area contributed by atoms with Crippen molar-refractivity contribution in [3.05, 3.63) is 72.9 Å². The maximum atomic E-state index is 13.2. The molecule has 0 spiro atoms. The number of imidazole rings is 1. The number of fused-ring (bicyclic) bond motifs is 1. The number of para-hydroxylation sites is 1. The monoisotopic (exact) mass is 534 g/mol. The van der Waals surface area contributed by atoms with Gasteiger partial charge in [0.1, 0.15) is 22.1 Å². The summed E-state index contributed by atoms with van der Waals surface area (Å²) in [6.07, 6.45) is 2.82. The molecular weight excluding hydrogens is 500 g/mol. The number of pyridine rings is 1. The number of carbonyl (C=O) groups excluding carboxylic acids is 1. The standard InChI is InChI=1S/C29H34N4O4S/c1-20(34)30-21-14-16-22(17-15-21)38(35,36)37-24-12-8-7-11-23(24)26-27(32-29(5,6)19-28(2,3)4)33-18-10-9-13-25(33)31-26/h7-18,32H,19H2,1-6H3,(H,30,34). The van der Waals surface area contributed by atoms with E-state index in [1.54, 1.807) is 18.2 Å². The highest BCUT2D eigenvalue weighted by Gasteiger charge is 2.29. The fraction of sp³-hybridized carbons (Fsp3) is 0.310. The Labute approximate surface area is 224 Å². The lowest BCUT2D eigenvalue weighted by Crippen LogP contribution is -2.36. The molecule has 200 valence electrons. The second kappa shape index (κ2) is 10.1. The smallest absolute Gasteiger partial charge is 0.339 e. The maximum Gasteiger partial charge on any atom is 0.339 e. The molecule has 0 unspecified atom stereocenters. The van der Waals surface area contributed by atoms with E-state index in [-0.39, 0.29) is 27.5 Å². The number of amides is 1. The first-order chi connectivity index (χ1) is 17.7. The first kappa shape index (κ1) is 27.2. The average Bonchev–Trinajstić information content (AvgIpc) is 3.15. The van der Waals surface area contributed by atoms with Crippen LogP contribution in [0.2, 0.25) is 0 Å². The van der Waals surface area contributed by atoms with Crippen LogP contribution in [0, 0.1) is 5.41 Å². The molecule has 0 fully saturated rings. The minimum absolute atomic E-state index is 0.0268. The van der Waals surface area contributed by atoms with Crippen molar-refractivity contribution in [2.75, 3.05) is 10.6 Å². The van der Waals surface area contributed by atoms with Crippen LogP contribution in [0.1, 0.15) is 48.0 Å². The first-order valence-electron chi connectivity index (χ1n) is 12.4. The lowest BCUT2D eigenvalue weighted by atomic mass is 9.82. The molecule has 0 saturated carbocycles. The third-order valence-electron chi connectivity index (χ3n) is 5.76. The molecule has 4 aromatic rings. The lowest BCUT2D eigenvalue weighted by molar-refractivity contribution is -0.114. The molecule has 38 heavy (non-hydrogen) atoms. The van der Waals surface area contributed by atoms with Gasteiger partial charge in [0.2, 0.25) is 5.91 Å². The van der Waals surface area contributed by atoms with Crippen molar-refractivity contribution in [1.82, 2.24) is 9.38 Å². The largest absolute Gasteiger partial charge is 0.378 e. The van der Waals surface area contributed by atoms with Gasteiger partial charge in [-0.1, -0.05) is 39.0 Å². The lowest BCUT2D eigenvalue weighted by Gasteiger charge is -2.34. The van der Waals surface area contributed by atoms with Crippen molar-refractivity contribution in [2.24, 2.45) is 5.41 Å². The zero-order chi connectivity index (χ0) is 27.7. The number of benzene rings is 2. The van der Waals surface area contributed by atoms with Crippen molar-refractivity contribution in [2.45, 2.75) is 58.4 Å². The highest BCUT2D eigenvalue weighted by atomic mass is 32.2. The predicted octanol–water partition coefficient (Wildman–Crippen LogP) is 6.35. The summed E-state index contributed by atoms with van der Waals surface area (Å²) in [7, 11) is -4.16. The molecule has 9 heteroatoms. The van der Waals surface area contributed by atoms with Crippen LogP contribution in [0.4, 0.5) is 11.5 Å². The molecule has 0 radical (unpaired) electrons. The molecule has 2 N–H and O–H groups in total. The number of aromatic nitrogens is 2. The quantitative estimate of drug-likeness (QED) is 0.255. The van der Waals surface area contributed by atoms with E-state index in [1.165, 1.54) is 31.2 Å². The molecule has 0 atom stereocenters. The van der Waals surface area contributed by atoms with Crippen LogP contribution in [0.5, 0.6) is 5.75 Å². The van der Waals surface area contributed by atoms with E-state index in [9.17, 15) is 13.2 Å². The molecule has 4 rings (SSSR count). The number of nitrogens with one attached hydrogen (secondary N) is 2. The summed E-state index contributed by atoms with van der Waals surface area (Å²) >= 11 is 0. The molecule has 0 aliphatic carbocycles. The van der Waals surface area contributed by atoms with Crippen LogP contribution in [0.25, 0.3) is 16.9 Å². The van der Waals surface area contributed by atoms with Crippen LogP contribution in [0.15, 0.2) is 77.8 Å².